The van der Waals surface area contributed by atoms with Gasteiger partial charge in [-0.05, 0) is 30.8 Å². The minimum absolute atomic E-state index is 0.129. The smallest absolute Gasteiger partial charge is 0.122 e. The predicted molar refractivity (Wildman–Crippen MR) is 75.7 cm³/mol. The number of thioether (sulfide) groups is 2. The van der Waals surface area contributed by atoms with Crippen molar-refractivity contribution in [2.75, 3.05) is 11.5 Å². The van der Waals surface area contributed by atoms with Gasteiger partial charge >= 0.3 is 0 Å². The van der Waals surface area contributed by atoms with E-state index in [1.807, 2.05) is 0 Å². The first kappa shape index (κ1) is 13.8. The Bertz CT molecular complexity index is 264. The van der Waals surface area contributed by atoms with E-state index in [-0.39, 0.29) is 6.10 Å². The number of aldehydes is 1. The van der Waals surface area contributed by atoms with Gasteiger partial charge in [0.15, 0.2) is 0 Å². The van der Waals surface area contributed by atoms with Crippen LogP contribution in [0.2, 0.25) is 0 Å². The molecule has 2 fully saturated rings. The molecule has 0 amide bonds. The quantitative estimate of drug-likeness (QED) is 0.737. The van der Waals surface area contributed by atoms with Gasteiger partial charge in [0.1, 0.15) is 6.29 Å². The van der Waals surface area contributed by atoms with Crippen molar-refractivity contribution in [1.29, 1.82) is 0 Å². The van der Waals surface area contributed by atoms with Gasteiger partial charge in [-0.2, -0.15) is 0 Å². The van der Waals surface area contributed by atoms with E-state index >= 15 is 0 Å². The molecule has 2 aliphatic rings. The minimum atomic E-state index is 0.129. The molecule has 0 N–H and O–H groups in total. The van der Waals surface area contributed by atoms with Crippen LogP contribution in [-0.4, -0.2) is 34.1 Å². The van der Waals surface area contributed by atoms with Gasteiger partial charge in [-0.1, -0.05) is 13.8 Å². The maximum absolute atomic E-state index is 10.8. The van der Waals surface area contributed by atoms with Crippen molar-refractivity contribution in [2.24, 2.45) is 5.92 Å². The van der Waals surface area contributed by atoms with Crippen LogP contribution >= 0.6 is 23.5 Å². The van der Waals surface area contributed by atoms with E-state index < -0.39 is 0 Å². The third-order valence-corrected chi connectivity index (χ3v) is 7.64. The summed E-state index contributed by atoms with van der Waals surface area (Å²) in [6.45, 7) is 4.45. The Labute approximate surface area is 113 Å². The zero-order valence-corrected chi connectivity index (χ0v) is 12.3. The second kappa shape index (κ2) is 5.98. The average molecular weight is 274 g/mol. The molecule has 0 radical (unpaired) electrons. The molecular weight excluding hydrogens is 252 g/mol. The van der Waals surface area contributed by atoms with Crippen LogP contribution in [-0.2, 0) is 9.53 Å². The van der Waals surface area contributed by atoms with E-state index in [2.05, 4.69) is 37.4 Å². The number of rotatable bonds is 3. The molecule has 1 spiro atoms. The molecule has 2 aliphatic heterocycles. The molecule has 0 aromatic rings. The van der Waals surface area contributed by atoms with Crippen LogP contribution in [0.3, 0.4) is 0 Å². The number of hydrogen-bond acceptors (Lipinski definition) is 4. The summed E-state index contributed by atoms with van der Waals surface area (Å²) in [5.74, 6) is 3.01. The van der Waals surface area contributed by atoms with E-state index in [1.54, 1.807) is 0 Å². The monoisotopic (exact) mass is 274 g/mol. The summed E-state index contributed by atoms with van der Waals surface area (Å²) in [4.78, 5) is 10.8. The molecule has 0 aromatic carbocycles. The highest BCUT2D eigenvalue weighted by atomic mass is 32.2. The first-order chi connectivity index (χ1) is 8.22. The average Bonchev–Trinajstić information content (AvgIpc) is 2.36. The minimum Gasteiger partial charge on any atom is -0.374 e. The van der Waals surface area contributed by atoms with E-state index in [1.165, 1.54) is 17.9 Å². The zero-order valence-electron chi connectivity index (χ0n) is 10.7. The highest BCUT2D eigenvalue weighted by Gasteiger charge is 2.48. The summed E-state index contributed by atoms with van der Waals surface area (Å²) in [7, 11) is 0. The Balaban J connectivity index is 2.14. The summed E-state index contributed by atoms with van der Waals surface area (Å²) in [5, 5.41) is 0. The van der Waals surface area contributed by atoms with E-state index in [9.17, 15) is 4.79 Å². The Hall–Kier alpha value is 0.330. The van der Waals surface area contributed by atoms with Gasteiger partial charge in [-0.15, -0.1) is 23.5 Å². The van der Waals surface area contributed by atoms with Crippen LogP contribution in [0.25, 0.3) is 0 Å². The number of carbonyl (C=O) groups is 1. The predicted octanol–water partition coefficient (Wildman–Crippen LogP) is 3.35. The third-order valence-electron chi connectivity index (χ3n) is 3.90. The lowest BCUT2D eigenvalue weighted by molar-refractivity contribution is -0.118. The van der Waals surface area contributed by atoms with Gasteiger partial charge in [0, 0.05) is 12.3 Å². The molecule has 2 nitrogen and oxygen atoms in total. The van der Waals surface area contributed by atoms with Crippen molar-refractivity contribution in [3.63, 3.8) is 0 Å². The molecule has 0 unspecified atom stereocenters. The Morgan fingerprint density at radius 1 is 1.41 bits per heavy atom. The fraction of sp³-hybridized carbons (Fsp3) is 0.923. The highest BCUT2D eigenvalue weighted by molar-refractivity contribution is 8.18. The molecule has 98 valence electrons. The Morgan fingerprint density at radius 3 is 2.71 bits per heavy atom. The molecule has 0 saturated carbocycles. The van der Waals surface area contributed by atoms with Gasteiger partial charge in [0.25, 0.3) is 0 Å². The SMILES string of the molecule is CC[C@@H]1CC2(SCCCS2)[C@@H](C)[C@H](CC=O)O1. The number of carbonyl (C=O) groups excluding carboxylic acids is 1. The maximum atomic E-state index is 10.8. The maximum Gasteiger partial charge on any atom is 0.122 e. The van der Waals surface area contributed by atoms with Crippen molar-refractivity contribution >= 4 is 29.8 Å². The second-order valence-corrected chi connectivity index (χ2v) is 8.07. The number of ether oxygens (including phenoxy) is 1. The molecular formula is C13H22O2S2. The fourth-order valence-corrected chi connectivity index (χ4v) is 6.49. The van der Waals surface area contributed by atoms with E-state index in [0.717, 1.165) is 19.1 Å². The van der Waals surface area contributed by atoms with Gasteiger partial charge in [-0.25, -0.2) is 0 Å². The normalized spacial score (nSPS) is 36.9. The first-order valence-corrected chi connectivity index (χ1v) is 8.56. The molecule has 2 heterocycles. The van der Waals surface area contributed by atoms with Crippen molar-refractivity contribution < 1.29 is 9.53 Å². The van der Waals surface area contributed by atoms with Crippen LogP contribution in [0.5, 0.6) is 0 Å². The molecule has 2 rings (SSSR count). The van der Waals surface area contributed by atoms with Gasteiger partial charge < -0.3 is 9.53 Å². The van der Waals surface area contributed by atoms with Crippen molar-refractivity contribution in [1.82, 2.24) is 0 Å². The first-order valence-electron chi connectivity index (χ1n) is 6.59. The molecule has 0 aromatic heterocycles. The van der Waals surface area contributed by atoms with Gasteiger partial charge in [-0.3, -0.25) is 0 Å². The van der Waals surface area contributed by atoms with Crippen molar-refractivity contribution in [2.45, 2.75) is 55.8 Å². The largest absolute Gasteiger partial charge is 0.374 e. The van der Waals surface area contributed by atoms with E-state index in [0.29, 0.717) is 22.5 Å². The summed E-state index contributed by atoms with van der Waals surface area (Å²) in [5.41, 5.74) is 0. The second-order valence-electron chi connectivity index (χ2n) is 4.96. The van der Waals surface area contributed by atoms with Gasteiger partial charge in [0.2, 0.25) is 0 Å². The Morgan fingerprint density at radius 2 is 2.12 bits per heavy atom. The lowest BCUT2D eigenvalue weighted by atomic mass is 9.89. The molecule has 4 heteroatoms. The summed E-state index contributed by atoms with van der Waals surface area (Å²) in [6, 6.07) is 0. The molecule has 0 bridgehead atoms. The van der Waals surface area contributed by atoms with Crippen LogP contribution in [0, 0.1) is 5.92 Å². The molecule has 0 aliphatic carbocycles. The van der Waals surface area contributed by atoms with Crippen molar-refractivity contribution in [3.05, 3.63) is 0 Å². The highest BCUT2D eigenvalue weighted by Crippen LogP contribution is 2.55. The van der Waals surface area contributed by atoms with Crippen LogP contribution < -0.4 is 0 Å². The standard InChI is InChI=1S/C13H22O2S2/c1-3-11-9-13(16-7-4-8-17-13)10(2)12(15-11)5-6-14/h6,10-12H,3-5,7-9H2,1-2H3/t10-,11+,12-/m0/s1. The third kappa shape index (κ3) is 2.85. The summed E-state index contributed by atoms with van der Waals surface area (Å²) in [6.07, 6.45) is 5.57. The number of hydrogen-bond donors (Lipinski definition) is 0. The topological polar surface area (TPSA) is 26.3 Å². The van der Waals surface area contributed by atoms with Crippen molar-refractivity contribution in [3.8, 4) is 0 Å². The van der Waals surface area contributed by atoms with Crippen LogP contribution in [0.4, 0.5) is 0 Å². The van der Waals surface area contributed by atoms with Gasteiger partial charge in [0.05, 0.1) is 16.3 Å². The van der Waals surface area contributed by atoms with Crippen LogP contribution in [0.15, 0.2) is 0 Å². The van der Waals surface area contributed by atoms with Crippen LogP contribution in [0.1, 0.15) is 39.5 Å². The lowest BCUT2D eigenvalue weighted by Gasteiger charge is -2.50. The molecule has 17 heavy (non-hydrogen) atoms. The molecule has 3 atom stereocenters. The Kier molecular flexibility index (Phi) is 4.84. The van der Waals surface area contributed by atoms with E-state index in [4.69, 9.17) is 4.74 Å². The fourth-order valence-electron chi connectivity index (χ4n) is 2.77. The summed E-state index contributed by atoms with van der Waals surface area (Å²) < 4.78 is 6.37. The molecule has 2 saturated heterocycles. The lowest BCUT2D eigenvalue weighted by Crippen LogP contribution is -2.49. The zero-order chi connectivity index (χ0) is 12.3. The summed E-state index contributed by atoms with van der Waals surface area (Å²) >= 11 is 4.22.